The summed E-state index contributed by atoms with van der Waals surface area (Å²) in [6.07, 6.45) is 2.32. The SMILES string of the molecule is CC(=O)Nc1ccc(OCC2CC2)cc1[N+](=O)[O-]. The summed E-state index contributed by atoms with van der Waals surface area (Å²) in [4.78, 5) is 21.3. The molecule has 0 aliphatic heterocycles. The second-order valence-corrected chi connectivity index (χ2v) is 4.37. The number of carbonyl (C=O) groups excluding carboxylic acids is 1. The molecule has 1 aliphatic carbocycles. The van der Waals surface area contributed by atoms with Gasteiger partial charge in [-0.2, -0.15) is 0 Å². The molecule has 0 bridgehead atoms. The van der Waals surface area contributed by atoms with E-state index < -0.39 is 4.92 Å². The van der Waals surface area contributed by atoms with Crippen molar-refractivity contribution in [2.24, 2.45) is 5.92 Å². The summed E-state index contributed by atoms with van der Waals surface area (Å²) >= 11 is 0. The Morgan fingerprint density at radius 2 is 2.28 bits per heavy atom. The van der Waals surface area contributed by atoms with Gasteiger partial charge in [0.1, 0.15) is 11.4 Å². The molecule has 0 spiro atoms. The highest BCUT2D eigenvalue weighted by atomic mass is 16.6. The van der Waals surface area contributed by atoms with E-state index in [0.717, 1.165) is 12.8 Å². The monoisotopic (exact) mass is 250 g/mol. The first-order valence-electron chi connectivity index (χ1n) is 5.75. The molecule has 2 rings (SSSR count). The number of nitrogens with one attached hydrogen (secondary N) is 1. The summed E-state index contributed by atoms with van der Waals surface area (Å²) in [5.41, 5.74) is 0.0322. The van der Waals surface area contributed by atoms with Crippen molar-refractivity contribution in [3.05, 3.63) is 28.3 Å². The normalized spacial score (nSPS) is 14.1. The second-order valence-electron chi connectivity index (χ2n) is 4.37. The van der Waals surface area contributed by atoms with Gasteiger partial charge in [0, 0.05) is 6.92 Å². The van der Waals surface area contributed by atoms with Crippen molar-refractivity contribution < 1.29 is 14.5 Å². The molecule has 1 aromatic carbocycles. The predicted octanol–water partition coefficient (Wildman–Crippen LogP) is 2.34. The van der Waals surface area contributed by atoms with E-state index in [9.17, 15) is 14.9 Å². The molecule has 0 radical (unpaired) electrons. The van der Waals surface area contributed by atoms with Crippen molar-refractivity contribution >= 4 is 17.3 Å². The summed E-state index contributed by atoms with van der Waals surface area (Å²) in [7, 11) is 0. The fourth-order valence-electron chi connectivity index (χ4n) is 1.55. The number of nitro benzene ring substituents is 1. The van der Waals surface area contributed by atoms with Crippen LogP contribution in [0.15, 0.2) is 18.2 Å². The van der Waals surface area contributed by atoms with E-state index in [1.807, 2.05) is 0 Å². The van der Waals surface area contributed by atoms with E-state index in [2.05, 4.69) is 5.32 Å². The molecule has 96 valence electrons. The molecule has 0 aromatic heterocycles. The van der Waals surface area contributed by atoms with Gasteiger partial charge in [-0.1, -0.05) is 0 Å². The van der Waals surface area contributed by atoms with E-state index in [0.29, 0.717) is 18.3 Å². The summed E-state index contributed by atoms with van der Waals surface area (Å²) in [5, 5.41) is 13.3. The Morgan fingerprint density at radius 3 is 2.83 bits per heavy atom. The Bertz CT molecular complexity index is 483. The number of anilines is 1. The van der Waals surface area contributed by atoms with Crippen LogP contribution in [0, 0.1) is 16.0 Å². The number of benzene rings is 1. The maximum atomic E-state index is 10.9. The second kappa shape index (κ2) is 5.03. The van der Waals surface area contributed by atoms with Crippen molar-refractivity contribution in [1.29, 1.82) is 0 Å². The van der Waals surface area contributed by atoms with Crippen LogP contribution in [0.1, 0.15) is 19.8 Å². The molecule has 1 aromatic rings. The highest BCUT2D eigenvalue weighted by Crippen LogP contribution is 2.32. The maximum absolute atomic E-state index is 10.9. The smallest absolute Gasteiger partial charge is 0.296 e. The first-order chi connectivity index (χ1) is 8.56. The van der Waals surface area contributed by atoms with Gasteiger partial charge in [0.25, 0.3) is 5.69 Å². The lowest BCUT2D eigenvalue weighted by molar-refractivity contribution is -0.384. The van der Waals surface area contributed by atoms with Gasteiger partial charge < -0.3 is 10.1 Å². The van der Waals surface area contributed by atoms with Crippen LogP contribution >= 0.6 is 0 Å². The van der Waals surface area contributed by atoms with Crippen molar-refractivity contribution in [3.8, 4) is 5.75 Å². The van der Waals surface area contributed by atoms with Gasteiger partial charge in [-0.15, -0.1) is 0 Å². The first kappa shape index (κ1) is 12.3. The van der Waals surface area contributed by atoms with E-state index in [1.165, 1.54) is 19.1 Å². The van der Waals surface area contributed by atoms with Gasteiger partial charge in [0.2, 0.25) is 5.91 Å². The van der Waals surface area contributed by atoms with Crippen molar-refractivity contribution in [2.75, 3.05) is 11.9 Å². The van der Waals surface area contributed by atoms with Crippen molar-refractivity contribution in [3.63, 3.8) is 0 Å². The van der Waals surface area contributed by atoms with E-state index in [1.54, 1.807) is 6.07 Å². The zero-order valence-corrected chi connectivity index (χ0v) is 10.0. The average Bonchev–Trinajstić information content (AvgIpc) is 3.10. The molecule has 0 saturated heterocycles. The molecule has 1 aliphatic rings. The van der Waals surface area contributed by atoms with E-state index in [4.69, 9.17) is 4.74 Å². The summed E-state index contributed by atoms with van der Waals surface area (Å²) in [6.45, 7) is 1.90. The summed E-state index contributed by atoms with van der Waals surface area (Å²) in [5.74, 6) is 0.700. The Balaban J connectivity index is 2.15. The van der Waals surface area contributed by atoms with Gasteiger partial charge in [0.15, 0.2) is 0 Å². The zero-order chi connectivity index (χ0) is 13.1. The minimum Gasteiger partial charge on any atom is -0.493 e. The molecule has 18 heavy (non-hydrogen) atoms. The van der Waals surface area contributed by atoms with Gasteiger partial charge >= 0.3 is 0 Å². The van der Waals surface area contributed by atoms with Crippen LogP contribution in [0.5, 0.6) is 5.75 Å². The van der Waals surface area contributed by atoms with Crippen LogP contribution in [0.3, 0.4) is 0 Å². The molecule has 1 saturated carbocycles. The number of nitrogens with zero attached hydrogens (tertiary/aromatic N) is 1. The van der Waals surface area contributed by atoms with E-state index >= 15 is 0 Å². The highest BCUT2D eigenvalue weighted by molar-refractivity contribution is 5.91. The summed E-state index contributed by atoms with van der Waals surface area (Å²) < 4.78 is 5.46. The molecule has 6 nitrogen and oxygen atoms in total. The number of nitro groups is 1. The number of amides is 1. The lowest BCUT2D eigenvalue weighted by Crippen LogP contribution is -2.08. The van der Waals surface area contributed by atoms with Gasteiger partial charge in [-0.25, -0.2) is 0 Å². The zero-order valence-electron chi connectivity index (χ0n) is 10.0. The highest BCUT2D eigenvalue weighted by Gasteiger charge is 2.23. The molecule has 1 N–H and O–H groups in total. The molecule has 0 unspecified atom stereocenters. The van der Waals surface area contributed by atoms with E-state index in [-0.39, 0.29) is 17.3 Å². The standard InChI is InChI=1S/C12H14N2O4/c1-8(15)13-11-5-4-10(6-12(11)14(16)17)18-7-9-2-3-9/h4-6,9H,2-3,7H2,1H3,(H,13,15). The predicted molar refractivity (Wildman–Crippen MR) is 65.6 cm³/mol. The quantitative estimate of drug-likeness (QED) is 0.642. The van der Waals surface area contributed by atoms with Gasteiger partial charge in [-0.3, -0.25) is 14.9 Å². The molecule has 6 heteroatoms. The maximum Gasteiger partial charge on any atom is 0.296 e. The topological polar surface area (TPSA) is 81.5 Å². The van der Waals surface area contributed by atoms with Crippen LogP contribution in [-0.2, 0) is 4.79 Å². The molecule has 0 heterocycles. The molecule has 1 amide bonds. The molecular weight excluding hydrogens is 236 g/mol. The molecule has 1 fully saturated rings. The Morgan fingerprint density at radius 1 is 1.56 bits per heavy atom. The number of carbonyl (C=O) groups is 1. The van der Waals surface area contributed by atoms with Crippen LogP contribution in [0.4, 0.5) is 11.4 Å². The third-order valence-corrected chi connectivity index (χ3v) is 2.66. The third-order valence-electron chi connectivity index (χ3n) is 2.66. The minimum absolute atomic E-state index is 0.154. The average molecular weight is 250 g/mol. The lowest BCUT2D eigenvalue weighted by atomic mass is 10.2. The molecular formula is C12H14N2O4. The van der Waals surface area contributed by atoms with Crippen molar-refractivity contribution in [2.45, 2.75) is 19.8 Å². The summed E-state index contributed by atoms with van der Waals surface area (Å²) in [6, 6.07) is 4.45. The lowest BCUT2D eigenvalue weighted by Gasteiger charge is -2.07. The Kier molecular flexibility index (Phi) is 3.45. The van der Waals surface area contributed by atoms with Gasteiger partial charge in [-0.05, 0) is 30.9 Å². The number of rotatable bonds is 5. The number of hydrogen-bond donors (Lipinski definition) is 1. The largest absolute Gasteiger partial charge is 0.493 e. The number of hydrogen-bond acceptors (Lipinski definition) is 4. The Labute approximate surface area is 104 Å². The van der Waals surface area contributed by atoms with Crippen LogP contribution < -0.4 is 10.1 Å². The first-order valence-corrected chi connectivity index (χ1v) is 5.75. The molecule has 0 atom stereocenters. The van der Waals surface area contributed by atoms with Gasteiger partial charge in [0.05, 0.1) is 17.6 Å². The van der Waals surface area contributed by atoms with Crippen molar-refractivity contribution in [1.82, 2.24) is 0 Å². The minimum atomic E-state index is -0.532. The fraction of sp³-hybridized carbons (Fsp3) is 0.417. The van der Waals surface area contributed by atoms with Crippen LogP contribution in [0.25, 0.3) is 0 Å². The van der Waals surface area contributed by atoms with Crippen LogP contribution in [-0.4, -0.2) is 17.4 Å². The fourth-order valence-corrected chi connectivity index (χ4v) is 1.55. The van der Waals surface area contributed by atoms with Crippen LogP contribution in [0.2, 0.25) is 0 Å². The Hall–Kier alpha value is -2.11. The number of ether oxygens (including phenoxy) is 1. The third kappa shape index (κ3) is 3.19.